The van der Waals surface area contributed by atoms with Gasteiger partial charge in [-0.2, -0.15) is 8.78 Å². The van der Waals surface area contributed by atoms with Crippen LogP contribution in [-0.2, 0) is 13.6 Å². The summed E-state index contributed by atoms with van der Waals surface area (Å²) in [5, 5.41) is 13.5. The van der Waals surface area contributed by atoms with Gasteiger partial charge in [0.25, 0.3) is 16.6 Å². The van der Waals surface area contributed by atoms with Crippen molar-refractivity contribution < 1.29 is 27.5 Å². The molecule has 45 heavy (non-hydrogen) atoms. The number of aliphatic hydroxyl groups is 1. The summed E-state index contributed by atoms with van der Waals surface area (Å²) in [5.41, 5.74) is 0. The number of rotatable bonds is 9. The van der Waals surface area contributed by atoms with Gasteiger partial charge in [-0.05, 0) is 30.8 Å². The van der Waals surface area contributed by atoms with Crippen LogP contribution in [0.25, 0.3) is 0 Å². The van der Waals surface area contributed by atoms with Crippen LogP contribution in [0.5, 0.6) is 0 Å². The van der Waals surface area contributed by atoms with E-state index >= 15 is 8.78 Å². The molecule has 0 radical (unpaired) electrons. The lowest BCUT2D eigenvalue weighted by atomic mass is 10.1. The number of hydrogen-bond acceptors (Lipinski definition) is 4. The van der Waals surface area contributed by atoms with Gasteiger partial charge in [0.2, 0.25) is 6.29 Å². The Morgan fingerprint density at radius 2 is 0.956 bits per heavy atom. The second-order valence-electron chi connectivity index (χ2n) is 13.9. The van der Waals surface area contributed by atoms with Crippen LogP contribution in [-0.4, -0.2) is 52.8 Å². The molecule has 0 aromatic heterocycles. The average Bonchev–Trinajstić information content (AvgIpc) is 3.23. The van der Waals surface area contributed by atoms with Gasteiger partial charge >= 0.3 is 5.92 Å². The van der Waals surface area contributed by atoms with Crippen LogP contribution in [0.2, 0.25) is 10.1 Å². The Kier molecular flexibility index (Phi) is 9.39. The first kappa shape index (κ1) is 33.4. The lowest BCUT2D eigenvalue weighted by Crippen LogP contribution is -2.70. The number of benzene rings is 4. The van der Waals surface area contributed by atoms with Gasteiger partial charge in [0.1, 0.15) is 12.2 Å². The third kappa shape index (κ3) is 6.00. The van der Waals surface area contributed by atoms with Crippen LogP contribution in [0.1, 0.15) is 41.5 Å². The number of alkyl halides is 2. The van der Waals surface area contributed by atoms with Crippen molar-refractivity contribution in [3.05, 3.63) is 121 Å². The maximum absolute atomic E-state index is 16.2. The number of halogens is 2. The summed E-state index contributed by atoms with van der Waals surface area (Å²) in [4.78, 5) is 0. The summed E-state index contributed by atoms with van der Waals surface area (Å²) in [7, 11) is -6.52. The highest BCUT2D eigenvalue weighted by atomic mass is 28.4. The van der Waals surface area contributed by atoms with Crippen molar-refractivity contribution in [3.63, 3.8) is 0 Å². The summed E-state index contributed by atoms with van der Waals surface area (Å²) in [5.74, 6) is -3.67. The summed E-state index contributed by atoms with van der Waals surface area (Å²) in [6.07, 6.45) is -5.30. The molecule has 0 amide bonds. The largest absolute Gasteiger partial charge is 0.405 e. The van der Waals surface area contributed by atoms with Crippen LogP contribution < -0.4 is 20.7 Å². The van der Waals surface area contributed by atoms with Gasteiger partial charge < -0.3 is 18.7 Å². The van der Waals surface area contributed by atoms with Crippen molar-refractivity contribution in [2.24, 2.45) is 0 Å². The summed E-state index contributed by atoms with van der Waals surface area (Å²) in [6.45, 7) is 12.3. The van der Waals surface area contributed by atoms with Crippen molar-refractivity contribution >= 4 is 37.4 Å². The van der Waals surface area contributed by atoms with Crippen LogP contribution in [0, 0.1) is 0 Å². The van der Waals surface area contributed by atoms with Gasteiger partial charge in [-0.3, -0.25) is 0 Å². The van der Waals surface area contributed by atoms with Crippen LogP contribution in [0.15, 0.2) is 121 Å². The molecule has 4 nitrogen and oxygen atoms in total. The van der Waals surface area contributed by atoms with Crippen LogP contribution in [0.4, 0.5) is 8.78 Å². The highest BCUT2D eigenvalue weighted by Crippen LogP contribution is 2.45. The van der Waals surface area contributed by atoms with Gasteiger partial charge in [0.15, 0.2) is 0 Å². The second-order valence-corrected chi connectivity index (χ2v) is 22.4. The monoisotopic (exact) mass is 646 g/mol. The number of hydrogen-bond donors (Lipinski definition) is 1. The van der Waals surface area contributed by atoms with E-state index in [0.717, 1.165) is 20.7 Å². The highest BCUT2D eigenvalue weighted by Gasteiger charge is 2.64. The Morgan fingerprint density at radius 3 is 1.29 bits per heavy atom. The molecule has 238 valence electrons. The molecule has 1 aliphatic rings. The van der Waals surface area contributed by atoms with E-state index in [1.54, 1.807) is 0 Å². The van der Waals surface area contributed by atoms with E-state index in [2.05, 4.69) is 45.0 Å². The van der Waals surface area contributed by atoms with Crippen molar-refractivity contribution in [1.82, 2.24) is 0 Å². The highest BCUT2D eigenvalue weighted by molar-refractivity contribution is 7.00. The average molecular weight is 647 g/mol. The van der Waals surface area contributed by atoms with Gasteiger partial charge in [-0.25, -0.2) is 0 Å². The Hall–Kier alpha value is -2.99. The standard InChI is InChI=1S/C37H44F2O4Si2/c1-35(2,3)44(28-19-11-7-12-20-28,29-21-13-8-14-22-29)41-27-32-33(37(38,39)34(40)42-32)43-45(36(4,5)6,30-23-15-9-16-24-30)31-25-17-10-18-26-31/h7-26,32-34,40H,27H2,1-6H3/t32-,33?,34?/m1/s1. The first-order valence-corrected chi connectivity index (χ1v) is 19.3. The minimum absolute atomic E-state index is 0.178. The predicted octanol–water partition coefficient (Wildman–Crippen LogP) is 5.86. The zero-order valence-electron chi connectivity index (χ0n) is 26.9. The number of aliphatic hydroxyl groups excluding tert-OH is 1. The van der Waals surface area contributed by atoms with Crippen LogP contribution >= 0.6 is 0 Å². The molecule has 5 rings (SSSR count). The molecule has 4 aromatic rings. The zero-order valence-corrected chi connectivity index (χ0v) is 28.9. The summed E-state index contributed by atoms with van der Waals surface area (Å²) in [6, 6.07) is 39.4. The molecule has 0 spiro atoms. The van der Waals surface area contributed by atoms with Gasteiger partial charge in [0.05, 0.1) is 6.61 Å². The first-order chi connectivity index (χ1) is 21.2. The Bertz CT molecular complexity index is 1450. The SMILES string of the molecule is CC(C)(C)[Si](OC[C@H]1OC(O)C(F)(F)C1O[Si](c1ccccc1)(c1ccccc1)C(C)(C)C)(c1ccccc1)c1ccccc1. The van der Waals surface area contributed by atoms with Crippen molar-refractivity contribution in [3.8, 4) is 0 Å². The molecule has 1 aliphatic heterocycles. The molecule has 0 bridgehead atoms. The lowest BCUT2D eigenvalue weighted by molar-refractivity contribution is -0.197. The molecule has 0 aliphatic carbocycles. The zero-order chi connectivity index (χ0) is 32.5. The molecule has 1 heterocycles. The molecule has 3 atom stereocenters. The van der Waals surface area contributed by atoms with Gasteiger partial charge in [-0.15, -0.1) is 0 Å². The predicted molar refractivity (Wildman–Crippen MR) is 182 cm³/mol. The topological polar surface area (TPSA) is 47.9 Å². The van der Waals surface area contributed by atoms with E-state index < -0.39 is 46.1 Å². The van der Waals surface area contributed by atoms with Crippen molar-refractivity contribution in [2.75, 3.05) is 6.61 Å². The Morgan fingerprint density at radius 1 is 0.622 bits per heavy atom. The molecule has 2 unspecified atom stereocenters. The quantitative estimate of drug-likeness (QED) is 0.232. The molecule has 1 saturated heterocycles. The Labute approximate surface area is 268 Å². The third-order valence-electron chi connectivity index (χ3n) is 8.95. The Balaban J connectivity index is 1.62. The first-order valence-electron chi connectivity index (χ1n) is 15.5. The van der Waals surface area contributed by atoms with Gasteiger partial charge in [-0.1, -0.05) is 163 Å². The molecule has 8 heteroatoms. The third-order valence-corrected chi connectivity index (χ3v) is 19.0. The second kappa shape index (κ2) is 12.7. The van der Waals surface area contributed by atoms with E-state index in [0.29, 0.717) is 0 Å². The number of ether oxygens (including phenoxy) is 1. The van der Waals surface area contributed by atoms with E-state index in [1.165, 1.54) is 0 Å². The molecular weight excluding hydrogens is 603 g/mol. The van der Waals surface area contributed by atoms with E-state index in [-0.39, 0.29) is 11.6 Å². The lowest BCUT2D eigenvalue weighted by Gasteiger charge is -2.46. The van der Waals surface area contributed by atoms with E-state index in [9.17, 15) is 5.11 Å². The van der Waals surface area contributed by atoms with E-state index in [1.807, 2.05) is 118 Å². The molecule has 4 aromatic carbocycles. The molecular formula is C37H44F2O4Si2. The molecule has 0 saturated carbocycles. The fourth-order valence-corrected chi connectivity index (χ4v) is 16.1. The summed E-state index contributed by atoms with van der Waals surface area (Å²) >= 11 is 0. The molecule has 1 N–H and O–H groups in total. The van der Waals surface area contributed by atoms with Gasteiger partial charge in [0, 0.05) is 0 Å². The fraction of sp³-hybridized carbons (Fsp3) is 0.351. The van der Waals surface area contributed by atoms with E-state index in [4.69, 9.17) is 13.6 Å². The summed E-state index contributed by atoms with van der Waals surface area (Å²) < 4.78 is 52.0. The fourth-order valence-electron chi connectivity index (χ4n) is 6.85. The van der Waals surface area contributed by atoms with Crippen molar-refractivity contribution in [1.29, 1.82) is 0 Å². The van der Waals surface area contributed by atoms with Crippen LogP contribution in [0.3, 0.4) is 0 Å². The maximum atomic E-state index is 16.2. The minimum Gasteiger partial charge on any atom is -0.405 e. The van der Waals surface area contributed by atoms with Crippen molar-refractivity contribution in [2.45, 2.75) is 76.0 Å². The minimum atomic E-state index is -3.67. The maximum Gasteiger partial charge on any atom is 0.324 e. The molecule has 1 fully saturated rings. The smallest absolute Gasteiger partial charge is 0.324 e. The normalized spacial score (nSPS) is 20.7.